The number of carboxylic acid groups (broad SMARTS) is 2. The Balaban J connectivity index is 0.00000433. The summed E-state index contributed by atoms with van der Waals surface area (Å²) < 4.78 is 1.91. The largest absolute Gasteiger partial charge is 2.00 e. The monoisotopic (exact) mass is 669 g/mol. The van der Waals surface area contributed by atoms with Gasteiger partial charge in [0, 0.05) is 24.3 Å². The van der Waals surface area contributed by atoms with E-state index >= 15 is 0 Å². The van der Waals surface area contributed by atoms with E-state index in [4.69, 9.17) is 0 Å². The quantitative estimate of drug-likeness (QED) is 0.155. The molecular formula is C33H43CaN9O4+6. The van der Waals surface area contributed by atoms with Crippen molar-refractivity contribution in [3.63, 3.8) is 0 Å². The van der Waals surface area contributed by atoms with Crippen molar-refractivity contribution in [2.45, 2.75) is 19.6 Å². The average Bonchev–Trinajstić information content (AvgIpc) is 3.50. The first-order valence-corrected chi connectivity index (χ1v) is 16.1. The van der Waals surface area contributed by atoms with Crippen LogP contribution in [0, 0.1) is 0 Å². The summed E-state index contributed by atoms with van der Waals surface area (Å²) in [5.74, 6) is -2.09. The number of hydrogen-bond donors (Lipinski definition) is 4. The molecule has 1 aromatic carbocycles. The van der Waals surface area contributed by atoms with Crippen LogP contribution in [0.2, 0.25) is 0 Å². The first-order valence-electron chi connectivity index (χ1n) is 16.1. The Morgan fingerprint density at radius 3 is 1.91 bits per heavy atom. The molecule has 2 atom stereocenters. The Bertz CT molecular complexity index is 1620. The summed E-state index contributed by atoms with van der Waals surface area (Å²) in [5, 5.41) is 32.2. The molecular weight excluding hydrogens is 627 g/mol. The summed E-state index contributed by atoms with van der Waals surface area (Å²) in [4.78, 5) is 35.3. The summed E-state index contributed by atoms with van der Waals surface area (Å²) in [7, 11) is 0. The molecule has 3 aliphatic rings. The van der Waals surface area contributed by atoms with Crippen LogP contribution in [0.5, 0.6) is 0 Å². The third-order valence-electron chi connectivity index (χ3n) is 9.16. The average molecular weight is 670 g/mol. The zero-order valence-electron chi connectivity index (χ0n) is 26.7. The normalized spacial score (nSPS) is 21.9. The molecule has 0 saturated carbocycles. The topological polar surface area (TPSA) is 157 Å². The maximum Gasteiger partial charge on any atom is 2.00 e. The van der Waals surface area contributed by atoms with Crippen molar-refractivity contribution in [2.75, 3.05) is 65.4 Å². The van der Waals surface area contributed by atoms with Gasteiger partial charge in [0.2, 0.25) is 22.8 Å². The van der Waals surface area contributed by atoms with Gasteiger partial charge in [-0.1, -0.05) is 35.5 Å². The maximum atomic E-state index is 11.8. The van der Waals surface area contributed by atoms with Crippen LogP contribution in [0.1, 0.15) is 17.1 Å². The maximum absolute atomic E-state index is 11.8. The number of carbonyl (C=O) groups is 2. The number of nitrogens with zero attached hydrogens (tertiary/aromatic N) is 3. The molecule has 0 radical (unpaired) electrons. The van der Waals surface area contributed by atoms with E-state index in [2.05, 4.69) is 50.6 Å². The van der Waals surface area contributed by atoms with Gasteiger partial charge in [-0.3, -0.25) is 0 Å². The Hall–Kier alpha value is -3.30. The van der Waals surface area contributed by atoms with Gasteiger partial charge in [-0.2, -0.15) is 0 Å². The molecule has 6 bridgehead atoms. The SMILES string of the molecule is O=C([O-])C[NH+]1CC[NH+]2CC[NH+](CC(=O)[O-])CC[NH+](CC1)Cc1cccc([nH+]1)-c1cnnn1Cc1cc(-c3ccccc3)cc([nH+]1)C2.[Ca+2]. The molecule has 6 heterocycles. The molecule has 4 aromatic rings. The molecule has 2 unspecified atom stereocenters. The van der Waals surface area contributed by atoms with Gasteiger partial charge in [-0.25, -0.2) is 14.6 Å². The predicted octanol–water partition coefficient (Wildman–Crippen LogP) is -8.03. The first kappa shape index (κ1) is 35.0. The minimum Gasteiger partial charge on any atom is -0.544 e. The van der Waals surface area contributed by atoms with E-state index in [1.54, 1.807) is 6.20 Å². The fourth-order valence-electron chi connectivity index (χ4n) is 6.76. The van der Waals surface area contributed by atoms with Crippen LogP contribution in [0.15, 0.2) is 66.9 Å². The number of carbonyl (C=O) groups excluding carboxylic acids is 2. The second-order valence-corrected chi connectivity index (χ2v) is 12.6. The van der Waals surface area contributed by atoms with E-state index in [-0.39, 0.29) is 50.8 Å². The smallest absolute Gasteiger partial charge is 0.544 e. The second kappa shape index (κ2) is 16.7. The number of fused-ring (bicyclic) bond motifs is 8. The minimum atomic E-state index is -1.04. The number of nitrogens with one attached hydrogen (secondary N) is 6. The van der Waals surface area contributed by atoms with Crippen molar-refractivity contribution in [1.82, 2.24) is 15.0 Å². The summed E-state index contributed by atoms with van der Waals surface area (Å²) in [5.41, 5.74) is 6.98. The third kappa shape index (κ3) is 9.86. The first-order chi connectivity index (χ1) is 22.4. The molecule has 3 aliphatic heterocycles. The fourth-order valence-corrected chi connectivity index (χ4v) is 6.76. The number of pyridine rings is 2. The van der Waals surface area contributed by atoms with Gasteiger partial charge >= 0.3 is 37.7 Å². The summed E-state index contributed by atoms with van der Waals surface area (Å²) >= 11 is 0. The molecule has 13 nitrogen and oxygen atoms in total. The van der Waals surface area contributed by atoms with Crippen LogP contribution in [-0.2, 0) is 29.2 Å². The summed E-state index contributed by atoms with van der Waals surface area (Å²) in [6.07, 6.45) is 1.77. The molecule has 47 heavy (non-hydrogen) atoms. The van der Waals surface area contributed by atoms with Gasteiger partial charge in [0.15, 0.2) is 18.8 Å². The predicted molar refractivity (Wildman–Crippen MR) is 165 cm³/mol. The number of hydrogen-bond acceptors (Lipinski definition) is 6. The van der Waals surface area contributed by atoms with Crippen LogP contribution < -0.4 is 39.8 Å². The number of aliphatic carboxylic acids is 2. The van der Waals surface area contributed by atoms with Gasteiger partial charge < -0.3 is 39.4 Å². The van der Waals surface area contributed by atoms with Gasteiger partial charge in [-0.15, -0.1) is 5.10 Å². The van der Waals surface area contributed by atoms with Crippen molar-refractivity contribution >= 4 is 49.7 Å². The molecule has 14 heteroatoms. The van der Waals surface area contributed by atoms with Crippen LogP contribution in [0.25, 0.3) is 22.5 Å². The molecule has 7 rings (SSSR count). The fraction of sp³-hybridized carbons (Fsp3) is 0.394. The van der Waals surface area contributed by atoms with Crippen molar-refractivity contribution < 1.29 is 49.4 Å². The Labute approximate surface area is 303 Å². The van der Waals surface area contributed by atoms with Crippen molar-refractivity contribution in [3.8, 4) is 22.5 Å². The van der Waals surface area contributed by atoms with Crippen LogP contribution in [0.3, 0.4) is 0 Å². The van der Waals surface area contributed by atoms with E-state index in [1.165, 1.54) is 9.80 Å². The molecule has 6 N–H and O–H groups in total. The Morgan fingerprint density at radius 1 is 0.702 bits per heavy atom. The molecule has 3 aromatic heterocycles. The number of benzene rings is 1. The van der Waals surface area contributed by atoms with Gasteiger partial charge in [0.05, 0.1) is 18.1 Å². The number of H-pyrrole nitrogens is 2. The Kier molecular flexibility index (Phi) is 12.4. The van der Waals surface area contributed by atoms with Crippen molar-refractivity contribution in [2.24, 2.45) is 0 Å². The van der Waals surface area contributed by atoms with E-state index in [9.17, 15) is 19.8 Å². The molecule has 240 valence electrons. The second-order valence-electron chi connectivity index (χ2n) is 12.6. The van der Waals surface area contributed by atoms with Crippen LogP contribution >= 0.6 is 0 Å². The Morgan fingerprint density at radius 2 is 1.30 bits per heavy atom. The van der Waals surface area contributed by atoms with E-state index in [1.807, 2.05) is 35.0 Å². The van der Waals surface area contributed by atoms with E-state index < -0.39 is 11.9 Å². The number of carboxylic acids is 2. The number of aromatic nitrogens is 5. The number of aromatic amines is 2. The number of quaternary nitrogens is 4. The van der Waals surface area contributed by atoms with Crippen molar-refractivity contribution in [1.29, 1.82) is 0 Å². The molecule has 0 spiro atoms. The van der Waals surface area contributed by atoms with Gasteiger partial charge in [0.25, 0.3) is 0 Å². The van der Waals surface area contributed by atoms with Gasteiger partial charge in [0.1, 0.15) is 72.0 Å². The molecule has 0 amide bonds. The zero-order valence-corrected chi connectivity index (χ0v) is 28.9. The zero-order chi connectivity index (χ0) is 31.9. The summed E-state index contributed by atoms with van der Waals surface area (Å²) in [6, 6.07) is 20.7. The van der Waals surface area contributed by atoms with Gasteiger partial charge in [-0.05, 0) is 17.2 Å². The standard InChI is InChI=1S/C33H39N9O4.Ca/c43-32(44)23-40-13-9-38-10-14-41(24-33(45)46)16-12-39(11-15-40)21-28-17-26(25-5-2-1-3-6-25)18-29(35-28)22-42-31(19-34-37-42)30-8-4-7-27(20-38)36-30;/h1-8,17-19H,9-16,20-24H2,(H,43,44)(H,45,46);/q;+2/p+4. The van der Waals surface area contributed by atoms with E-state index in [0.29, 0.717) is 45.8 Å². The summed E-state index contributed by atoms with van der Waals surface area (Å²) in [6.45, 7) is 7.38. The van der Waals surface area contributed by atoms with Crippen LogP contribution in [-0.4, -0.2) is 130 Å². The van der Waals surface area contributed by atoms with E-state index in [0.717, 1.165) is 75.6 Å². The third-order valence-corrected chi connectivity index (χ3v) is 9.16. The molecule has 1 saturated heterocycles. The molecule has 1 fully saturated rings. The number of rotatable bonds is 5. The molecule has 0 aliphatic carbocycles. The van der Waals surface area contributed by atoms with Crippen molar-refractivity contribution in [3.05, 3.63) is 83.9 Å². The minimum absolute atomic E-state index is 0. The van der Waals surface area contributed by atoms with Crippen LogP contribution in [0.4, 0.5) is 0 Å².